The molecule has 0 saturated carbocycles. The maximum absolute atomic E-state index is 13.5. The second-order valence-corrected chi connectivity index (χ2v) is 8.25. The zero-order chi connectivity index (χ0) is 18.0. The highest BCUT2D eigenvalue weighted by Crippen LogP contribution is 2.28. The van der Waals surface area contributed by atoms with Crippen LogP contribution in [0.5, 0.6) is 0 Å². The quantitative estimate of drug-likeness (QED) is 0.775. The van der Waals surface area contributed by atoms with Crippen LogP contribution in [0.15, 0.2) is 29.7 Å². The molecule has 25 heavy (non-hydrogen) atoms. The molecule has 0 spiro atoms. The van der Waals surface area contributed by atoms with Crippen LogP contribution in [0, 0.1) is 12.7 Å². The van der Waals surface area contributed by atoms with Gasteiger partial charge in [-0.25, -0.2) is 17.8 Å². The Morgan fingerprint density at radius 3 is 2.56 bits per heavy atom. The lowest BCUT2D eigenvalue weighted by atomic mass is 10.2. The van der Waals surface area contributed by atoms with Crippen LogP contribution in [0.25, 0.3) is 0 Å². The van der Waals surface area contributed by atoms with Crippen LogP contribution < -0.4 is 0 Å². The molecular formula is C15H19ClFN5O2S. The average molecular weight is 388 g/mol. The van der Waals surface area contributed by atoms with Gasteiger partial charge in [-0.1, -0.05) is 11.6 Å². The number of benzene rings is 1. The SMILES string of the molecule is Cc1cc(S(=O)(=O)N2CCN(CCn3cncn3)CC2)c(Cl)cc1F. The molecule has 136 valence electrons. The van der Waals surface area contributed by atoms with Crippen LogP contribution in [0.2, 0.25) is 5.02 Å². The van der Waals surface area contributed by atoms with Crippen LogP contribution >= 0.6 is 11.6 Å². The Kier molecular flexibility index (Phi) is 5.38. The molecule has 0 unspecified atom stereocenters. The highest BCUT2D eigenvalue weighted by molar-refractivity contribution is 7.89. The monoisotopic (exact) mass is 387 g/mol. The van der Waals surface area contributed by atoms with Crippen molar-refractivity contribution in [3.63, 3.8) is 0 Å². The third kappa shape index (κ3) is 4.00. The zero-order valence-corrected chi connectivity index (χ0v) is 15.3. The molecule has 0 atom stereocenters. The van der Waals surface area contributed by atoms with E-state index in [4.69, 9.17) is 11.6 Å². The van der Waals surface area contributed by atoms with Crippen LogP contribution in [0.3, 0.4) is 0 Å². The number of aromatic nitrogens is 3. The maximum Gasteiger partial charge on any atom is 0.244 e. The van der Waals surface area contributed by atoms with E-state index in [0.717, 1.165) is 12.6 Å². The van der Waals surface area contributed by atoms with Gasteiger partial charge in [0.1, 0.15) is 23.4 Å². The molecule has 0 aliphatic carbocycles. The maximum atomic E-state index is 13.5. The number of hydrogen-bond donors (Lipinski definition) is 0. The summed E-state index contributed by atoms with van der Waals surface area (Å²) in [5, 5.41) is 3.96. The van der Waals surface area contributed by atoms with Crippen LogP contribution in [0.4, 0.5) is 4.39 Å². The molecule has 2 heterocycles. The van der Waals surface area contributed by atoms with Gasteiger partial charge in [-0.15, -0.1) is 0 Å². The standard InChI is InChI=1S/C15H19ClFN5O2S/c1-12-8-15(13(16)9-14(12)17)25(23,24)22-6-3-20(4-7-22)2-5-21-11-18-10-19-21/h8-11H,2-7H2,1H3. The Labute approximate surface area is 151 Å². The van der Waals surface area contributed by atoms with Gasteiger partial charge in [0, 0.05) is 32.7 Å². The molecule has 0 bridgehead atoms. The summed E-state index contributed by atoms with van der Waals surface area (Å²) in [7, 11) is -3.73. The Bertz CT molecular complexity index is 836. The highest BCUT2D eigenvalue weighted by Gasteiger charge is 2.30. The lowest BCUT2D eigenvalue weighted by Gasteiger charge is -2.34. The van der Waals surface area contributed by atoms with Gasteiger partial charge in [0.25, 0.3) is 0 Å². The van der Waals surface area contributed by atoms with E-state index in [-0.39, 0.29) is 15.5 Å². The number of nitrogens with zero attached hydrogens (tertiary/aromatic N) is 5. The summed E-state index contributed by atoms with van der Waals surface area (Å²) in [6.07, 6.45) is 3.14. The first-order valence-corrected chi connectivity index (χ1v) is 9.70. The van der Waals surface area contributed by atoms with Gasteiger partial charge in [0.2, 0.25) is 10.0 Å². The summed E-state index contributed by atoms with van der Waals surface area (Å²) in [5.41, 5.74) is 0.259. The second kappa shape index (κ2) is 7.36. The van der Waals surface area contributed by atoms with Crippen molar-refractivity contribution in [2.75, 3.05) is 32.7 Å². The number of rotatable bonds is 5. The van der Waals surface area contributed by atoms with Crippen molar-refractivity contribution in [2.24, 2.45) is 0 Å². The summed E-state index contributed by atoms with van der Waals surface area (Å²) in [4.78, 5) is 6.03. The molecule has 1 aliphatic rings. The highest BCUT2D eigenvalue weighted by atomic mass is 35.5. The molecule has 1 aromatic carbocycles. The Hall–Kier alpha value is -1.55. The first-order chi connectivity index (χ1) is 11.9. The predicted octanol–water partition coefficient (Wildman–Crippen LogP) is 1.39. The van der Waals surface area contributed by atoms with E-state index in [1.54, 1.807) is 11.0 Å². The summed E-state index contributed by atoms with van der Waals surface area (Å²) in [6.45, 7) is 4.96. The van der Waals surface area contributed by atoms with Gasteiger partial charge in [-0.3, -0.25) is 9.58 Å². The fourth-order valence-electron chi connectivity index (χ4n) is 2.75. The third-order valence-electron chi connectivity index (χ3n) is 4.27. The van der Waals surface area contributed by atoms with E-state index >= 15 is 0 Å². The van der Waals surface area contributed by atoms with Crippen molar-refractivity contribution in [1.82, 2.24) is 24.0 Å². The Morgan fingerprint density at radius 1 is 1.20 bits per heavy atom. The Balaban J connectivity index is 1.64. The number of hydrogen-bond acceptors (Lipinski definition) is 5. The molecule has 3 rings (SSSR count). The van der Waals surface area contributed by atoms with Crippen molar-refractivity contribution in [3.8, 4) is 0 Å². The molecule has 10 heteroatoms. The van der Waals surface area contributed by atoms with E-state index in [0.29, 0.717) is 32.7 Å². The van der Waals surface area contributed by atoms with Crippen molar-refractivity contribution in [1.29, 1.82) is 0 Å². The molecule has 0 N–H and O–H groups in total. The summed E-state index contributed by atoms with van der Waals surface area (Å²) in [6, 6.07) is 2.35. The van der Waals surface area contributed by atoms with E-state index in [1.807, 2.05) is 0 Å². The first-order valence-electron chi connectivity index (χ1n) is 7.88. The van der Waals surface area contributed by atoms with Crippen molar-refractivity contribution < 1.29 is 12.8 Å². The molecule has 0 radical (unpaired) electrons. The second-order valence-electron chi connectivity index (χ2n) is 5.94. The zero-order valence-electron chi connectivity index (χ0n) is 13.8. The lowest BCUT2D eigenvalue weighted by molar-refractivity contribution is 0.181. The molecule has 1 aromatic heterocycles. The minimum absolute atomic E-state index is 0.0378. The van der Waals surface area contributed by atoms with Gasteiger partial charge in [-0.05, 0) is 24.6 Å². The number of halogens is 2. The van der Waals surface area contributed by atoms with Crippen molar-refractivity contribution >= 4 is 21.6 Å². The number of piperazine rings is 1. The molecule has 1 saturated heterocycles. The normalized spacial score (nSPS) is 17.1. The first kappa shape index (κ1) is 18.2. The summed E-state index contributed by atoms with van der Waals surface area (Å²) < 4.78 is 42.3. The van der Waals surface area contributed by atoms with Gasteiger partial charge < -0.3 is 0 Å². The van der Waals surface area contributed by atoms with Gasteiger partial charge in [0.05, 0.1) is 11.6 Å². The molecule has 7 nitrogen and oxygen atoms in total. The van der Waals surface area contributed by atoms with Crippen molar-refractivity contribution in [2.45, 2.75) is 18.4 Å². The average Bonchev–Trinajstić information content (AvgIpc) is 3.10. The van der Waals surface area contributed by atoms with Crippen LogP contribution in [0.1, 0.15) is 5.56 Å². The van der Waals surface area contributed by atoms with E-state index in [9.17, 15) is 12.8 Å². The lowest BCUT2D eigenvalue weighted by Crippen LogP contribution is -2.49. The van der Waals surface area contributed by atoms with Crippen molar-refractivity contribution in [3.05, 3.63) is 41.2 Å². The van der Waals surface area contributed by atoms with Gasteiger partial charge in [0.15, 0.2) is 0 Å². The van der Waals surface area contributed by atoms with E-state index < -0.39 is 15.8 Å². The third-order valence-corrected chi connectivity index (χ3v) is 6.64. The van der Waals surface area contributed by atoms with E-state index in [1.165, 1.54) is 23.6 Å². The molecule has 1 aliphatic heterocycles. The molecule has 2 aromatic rings. The summed E-state index contributed by atoms with van der Waals surface area (Å²) in [5.74, 6) is -0.512. The molecular weight excluding hydrogens is 369 g/mol. The minimum atomic E-state index is -3.73. The fraction of sp³-hybridized carbons (Fsp3) is 0.467. The van der Waals surface area contributed by atoms with Crippen LogP contribution in [-0.4, -0.2) is 65.1 Å². The molecule has 1 fully saturated rings. The predicted molar refractivity (Wildman–Crippen MR) is 91.4 cm³/mol. The van der Waals surface area contributed by atoms with Crippen LogP contribution in [-0.2, 0) is 16.6 Å². The fourth-order valence-corrected chi connectivity index (χ4v) is 4.75. The summed E-state index contributed by atoms with van der Waals surface area (Å²) >= 11 is 5.97. The van der Waals surface area contributed by atoms with Gasteiger partial charge >= 0.3 is 0 Å². The Morgan fingerprint density at radius 2 is 1.92 bits per heavy atom. The van der Waals surface area contributed by atoms with Gasteiger partial charge in [-0.2, -0.15) is 9.40 Å². The topological polar surface area (TPSA) is 71.3 Å². The minimum Gasteiger partial charge on any atom is -0.299 e. The smallest absolute Gasteiger partial charge is 0.244 e. The number of sulfonamides is 1. The number of aryl methyl sites for hydroxylation is 1. The molecule has 0 amide bonds. The largest absolute Gasteiger partial charge is 0.299 e. The van der Waals surface area contributed by atoms with E-state index in [2.05, 4.69) is 15.0 Å².